The van der Waals surface area contributed by atoms with Gasteiger partial charge in [-0.3, -0.25) is 9.89 Å². The molecular formula is C11H19N3O2S. The van der Waals surface area contributed by atoms with Crippen LogP contribution in [0.4, 0.5) is 0 Å². The number of hydrogen-bond acceptors (Lipinski definition) is 5. The quantitative estimate of drug-likeness (QED) is 0.625. The monoisotopic (exact) mass is 257 g/mol. The summed E-state index contributed by atoms with van der Waals surface area (Å²) in [5.41, 5.74) is 0. The van der Waals surface area contributed by atoms with Gasteiger partial charge < -0.3 is 4.74 Å². The third-order valence-corrected chi connectivity index (χ3v) is 3.07. The van der Waals surface area contributed by atoms with Gasteiger partial charge in [-0.05, 0) is 26.2 Å². The maximum absolute atomic E-state index is 11.6. The van der Waals surface area contributed by atoms with Crippen molar-refractivity contribution in [2.75, 3.05) is 6.61 Å². The van der Waals surface area contributed by atoms with E-state index in [1.807, 2.05) is 6.92 Å². The molecule has 0 saturated heterocycles. The number of nitrogens with one attached hydrogen (secondary N) is 1. The van der Waals surface area contributed by atoms with Crippen LogP contribution in [0.2, 0.25) is 0 Å². The predicted molar refractivity (Wildman–Crippen MR) is 66.9 cm³/mol. The Morgan fingerprint density at radius 1 is 1.47 bits per heavy atom. The van der Waals surface area contributed by atoms with E-state index in [4.69, 9.17) is 4.74 Å². The van der Waals surface area contributed by atoms with Crippen molar-refractivity contribution in [1.29, 1.82) is 0 Å². The van der Waals surface area contributed by atoms with Gasteiger partial charge in [-0.15, -0.1) is 5.10 Å². The highest BCUT2D eigenvalue weighted by molar-refractivity contribution is 8.00. The molecule has 0 aliphatic rings. The summed E-state index contributed by atoms with van der Waals surface area (Å²) in [7, 11) is 0. The number of thioether (sulfide) groups is 1. The van der Waals surface area contributed by atoms with Gasteiger partial charge in [0.15, 0.2) is 0 Å². The molecule has 17 heavy (non-hydrogen) atoms. The molecule has 0 aliphatic carbocycles. The molecule has 0 saturated carbocycles. The molecule has 0 spiro atoms. The van der Waals surface area contributed by atoms with Gasteiger partial charge in [0.1, 0.15) is 11.1 Å². The van der Waals surface area contributed by atoms with Crippen molar-refractivity contribution in [1.82, 2.24) is 15.2 Å². The summed E-state index contributed by atoms with van der Waals surface area (Å²) in [4.78, 5) is 15.8. The van der Waals surface area contributed by atoms with Gasteiger partial charge in [-0.25, -0.2) is 4.98 Å². The SMILES string of the molecule is Cc1nc(SC(C)C(=O)OCCC(C)C)n[nH]1. The van der Waals surface area contributed by atoms with Crippen LogP contribution in [0.15, 0.2) is 5.16 Å². The number of aryl methyl sites for hydroxylation is 1. The number of nitrogens with zero attached hydrogens (tertiary/aromatic N) is 2. The van der Waals surface area contributed by atoms with E-state index in [2.05, 4.69) is 29.0 Å². The largest absolute Gasteiger partial charge is 0.465 e. The zero-order chi connectivity index (χ0) is 12.8. The zero-order valence-corrected chi connectivity index (χ0v) is 11.5. The first-order valence-corrected chi connectivity index (χ1v) is 6.59. The Balaban J connectivity index is 2.31. The second-order valence-electron chi connectivity index (χ2n) is 4.31. The third-order valence-electron chi connectivity index (χ3n) is 2.13. The van der Waals surface area contributed by atoms with Crippen LogP contribution in [0.25, 0.3) is 0 Å². The van der Waals surface area contributed by atoms with Gasteiger partial charge in [-0.2, -0.15) is 0 Å². The number of carbonyl (C=O) groups excluding carboxylic acids is 1. The summed E-state index contributed by atoms with van der Waals surface area (Å²) in [5, 5.41) is 7.00. The lowest BCUT2D eigenvalue weighted by atomic mass is 10.1. The maximum atomic E-state index is 11.6. The van der Waals surface area contributed by atoms with Crippen LogP contribution in [-0.2, 0) is 9.53 Å². The fourth-order valence-electron chi connectivity index (χ4n) is 1.09. The first-order chi connectivity index (χ1) is 7.99. The molecule has 0 amide bonds. The van der Waals surface area contributed by atoms with Crippen molar-refractivity contribution in [3.63, 3.8) is 0 Å². The van der Waals surface area contributed by atoms with Crippen molar-refractivity contribution in [3.05, 3.63) is 5.82 Å². The molecule has 0 aliphatic heterocycles. The van der Waals surface area contributed by atoms with Gasteiger partial charge in [0, 0.05) is 0 Å². The lowest BCUT2D eigenvalue weighted by molar-refractivity contribution is -0.142. The number of H-pyrrole nitrogens is 1. The van der Waals surface area contributed by atoms with Gasteiger partial charge >= 0.3 is 5.97 Å². The first-order valence-electron chi connectivity index (χ1n) is 5.71. The molecule has 0 fully saturated rings. The van der Waals surface area contributed by atoms with E-state index < -0.39 is 0 Å². The summed E-state index contributed by atoms with van der Waals surface area (Å²) in [5.74, 6) is 1.08. The zero-order valence-electron chi connectivity index (χ0n) is 10.7. The van der Waals surface area contributed by atoms with Crippen LogP contribution in [0.3, 0.4) is 0 Å². The second-order valence-corrected chi connectivity index (χ2v) is 5.62. The van der Waals surface area contributed by atoms with Crippen molar-refractivity contribution >= 4 is 17.7 Å². The molecule has 1 aromatic heterocycles. The number of ether oxygens (including phenoxy) is 1. The summed E-state index contributed by atoms with van der Waals surface area (Å²) in [6.07, 6.45) is 0.892. The minimum Gasteiger partial charge on any atom is -0.465 e. The third kappa shape index (κ3) is 5.21. The topological polar surface area (TPSA) is 67.9 Å². The Labute approximate surface area is 106 Å². The molecule has 1 N–H and O–H groups in total. The molecule has 6 heteroatoms. The number of aromatic amines is 1. The molecule has 1 aromatic rings. The van der Waals surface area contributed by atoms with Crippen molar-refractivity contribution in [2.45, 2.75) is 44.5 Å². The molecule has 0 aromatic carbocycles. The minimum absolute atomic E-state index is 0.210. The smallest absolute Gasteiger partial charge is 0.319 e. The fourth-order valence-corrected chi connectivity index (χ4v) is 1.86. The highest BCUT2D eigenvalue weighted by Crippen LogP contribution is 2.20. The summed E-state index contributed by atoms with van der Waals surface area (Å²) < 4.78 is 5.17. The van der Waals surface area contributed by atoms with Crippen molar-refractivity contribution in [3.8, 4) is 0 Å². The number of rotatable bonds is 6. The Kier molecular flexibility index (Phi) is 5.47. The van der Waals surface area contributed by atoms with E-state index in [1.165, 1.54) is 11.8 Å². The van der Waals surface area contributed by atoms with Crippen LogP contribution in [0, 0.1) is 12.8 Å². The predicted octanol–water partition coefficient (Wildman–Crippen LogP) is 2.18. The summed E-state index contributed by atoms with van der Waals surface area (Å²) >= 11 is 1.30. The number of hydrogen-bond donors (Lipinski definition) is 1. The van der Waals surface area contributed by atoms with Crippen LogP contribution >= 0.6 is 11.8 Å². The molecule has 5 nitrogen and oxygen atoms in total. The van der Waals surface area contributed by atoms with Crippen LogP contribution < -0.4 is 0 Å². The van der Waals surface area contributed by atoms with Crippen LogP contribution in [0.5, 0.6) is 0 Å². The standard InChI is InChI=1S/C11H19N3O2S/c1-7(2)5-6-16-10(15)8(3)17-11-12-9(4)13-14-11/h7-8H,5-6H2,1-4H3,(H,12,13,14). The van der Waals surface area contributed by atoms with Crippen molar-refractivity contribution < 1.29 is 9.53 Å². The van der Waals surface area contributed by atoms with Gasteiger partial charge in [0.25, 0.3) is 0 Å². The number of esters is 1. The van der Waals surface area contributed by atoms with E-state index in [-0.39, 0.29) is 11.2 Å². The number of aromatic nitrogens is 3. The normalized spacial score (nSPS) is 12.8. The van der Waals surface area contributed by atoms with Crippen LogP contribution in [-0.4, -0.2) is 33.0 Å². The van der Waals surface area contributed by atoms with E-state index in [9.17, 15) is 4.79 Å². The lowest BCUT2D eigenvalue weighted by Gasteiger charge is -2.10. The summed E-state index contributed by atoms with van der Waals surface area (Å²) in [6.45, 7) is 8.30. The first kappa shape index (κ1) is 14.0. The number of carbonyl (C=O) groups is 1. The minimum atomic E-state index is -0.280. The maximum Gasteiger partial charge on any atom is 0.319 e. The van der Waals surface area contributed by atoms with E-state index >= 15 is 0 Å². The average Bonchev–Trinajstić information content (AvgIpc) is 2.63. The Morgan fingerprint density at radius 3 is 2.71 bits per heavy atom. The van der Waals surface area contributed by atoms with Gasteiger partial charge in [0.2, 0.25) is 5.16 Å². The van der Waals surface area contributed by atoms with Crippen LogP contribution in [0.1, 0.15) is 33.0 Å². The molecule has 0 bridgehead atoms. The van der Waals surface area contributed by atoms with E-state index in [1.54, 1.807) is 6.92 Å². The molecule has 1 rings (SSSR count). The second kappa shape index (κ2) is 6.64. The molecule has 0 radical (unpaired) electrons. The Morgan fingerprint density at radius 2 is 2.18 bits per heavy atom. The highest BCUT2D eigenvalue weighted by Gasteiger charge is 2.18. The Hall–Kier alpha value is -1.04. The molecular weight excluding hydrogens is 238 g/mol. The average molecular weight is 257 g/mol. The molecule has 96 valence electrons. The Bertz CT molecular complexity index is 365. The molecule has 1 unspecified atom stereocenters. The molecule has 1 atom stereocenters. The van der Waals surface area contributed by atoms with Gasteiger partial charge in [-0.1, -0.05) is 25.6 Å². The summed E-state index contributed by atoms with van der Waals surface area (Å²) in [6, 6.07) is 0. The fraction of sp³-hybridized carbons (Fsp3) is 0.727. The highest BCUT2D eigenvalue weighted by atomic mass is 32.2. The van der Waals surface area contributed by atoms with Crippen molar-refractivity contribution in [2.24, 2.45) is 5.92 Å². The lowest BCUT2D eigenvalue weighted by Crippen LogP contribution is -2.18. The van der Waals surface area contributed by atoms with E-state index in [0.717, 1.165) is 12.2 Å². The van der Waals surface area contributed by atoms with E-state index in [0.29, 0.717) is 17.7 Å². The van der Waals surface area contributed by atoms with Gasteiger partial charge in [0.05, 0.1) is 6.61 Å². The molecule has 1 heterocycles.